The predicted octanol–water partition coefficient (Wildman–Crippen LogP) is 2.70. The van der Waals surface area contributed by atoms with Crippen LogP contribution in [0.25, 0.3) is 0 Å². The SMILES string of the molecule is CN(C)C(=O)CN=C(NCCCNC(=O)OC(C)(C)C)NC1CCc2ccccc2C1.I. The highest BCUT2D eigenvalue weighted by atomic mass is 127. The fourth-order valence-electron chi connectivity index (χ4n) is 3.25. The number of aliphatic imine (C=N–C) groups is 1. The summed E-state index contributed by atoms with van der Waals surface area (Å²) in [6.07, 6.45) is 3.25. The van der Waals surface area contributed by atoms with E-state index in [4.69, 9.17) is 4.74 Å². The Morgan fingerprint density at radius 2 is 1.78 bits per heavy atom. The molecule has 9 heteroatoms. The van der Waals surface area contributed by atoms with E-state index in [1.165, 1.54) is 16.0 Å². The molecule has 2 rings (SSSR count). The van der Waals surface area contributed by atoms with Crippen molar-refractivity contribution in [2.24, 2.45) is 4.99 Å². The lowest BCUT2D eigenvalue weighted by molar-refractivity contribution is -0.127. The maximum atomic E-state index is 12.0. The molecule has 8 nitrogen and oxygen atoms in total. The summed E-state index contributed by atoms with van der Waals surface area (Å²) in [5.41, 5.74) is 2.25. The van der Waals surface area contributed by atoms with E-state index in [2.05, 4.69) is 45.2 Å². The number of halogens is 1. The van der Waals surface area contributed by atoms with Gasteiger partial charge in [0.2, 0.25) is 5.91 Å². The molecule has 1 aromatic rings. The second kappa shape index (κ2) is 13.5. The van der Waals surface area contributed by atoms with E-state index in [-0.39, 0.29) is 42.5 Å². The molecule has 0 saturated heterocycles. The number of aryl methyl sites for hydroxylation is 1. The molecule has 0 aliphatic heterocycles. The first-order valence-corrected chi connectivity index (χ1v) is 10.9. The van der Waals surface area contributed by atoms with Crippen LogP contribution < -0.4 is 16.0 Å². The Hall–Kier alpha value is -2.04. The lowest BCUT2D eigenvalue weighted by Crippen LogP contribution is -2.46. The molecule has 1 aromatic carbocycles. The zero-order chi connectivity index (χ0) is 22.9. The number of benzene rings is 1. The number of carbonyl (C=O) groups is 2. The van der Waals surface area contributed by atoms with Crippen molar-refractivity contribution >= 4 is 41.9 Å². The lowest BCUT2D eigenvalue weighted by Gasteiger charge is -2.27. The molecule has 0 fully saturated rings. The number of ether oxygens (including phenoxy) is 1. The molecule has 3 N–H and O–H groups in total. The van der Waals surface area contributed by atoms with Crippen molar-refractivity contribution in [3.8, 4) is 0 Å². The summed E-state index contributed by atoms with van der Waals surface area (Å²) < 4.78 is 5.23. The van der Waals surface area contributed by atoms with Crippen molar-refractivity contribution in [3.05, 3.63) is 35.4 Å². The van der Waals surface area contributed by atoms with Crippen molar-refractivity contribution in [1.82, 2.24) is 20.9 Å². The van der Waals surface area contributed by atoms with Crippen LogP contribution >= 0.6 is 24.0 Å². The third-order valence-electron chi connectivity index (χ3n) is 4.87. The van der Waals surface area contributed by atoms with Gasteiger partial charge >= 0.3 is 6.09 Å². The lowest BCUT2D eigenvalue weighted by atomic mass is 9.88. The van der Waals surface area contributed by atoms with E-state index in [1.54, 1.807) is 14.1 Å². The van der Waals surface area contributed by atoms with Gasteiger partial charge in [-0.05, 0) is 57.6 Å². The average Bonchev–Trinajstić information content (AvgIpc) is 2.69. The Balaban J connectivity index is 0.00000512. The molecule has 2 amide bonds. The van der Waals surface area contributed by atoms with Crippen LogP contribution in [0.1, 0.15) is 44.7 Å². The molecule has 0 bridgehead atoms. The van der Waals surface area contributed by atoms with Crippen molar-refractivity contribution in [2.75, 3.05) is 33.7 Å². The molecule has 0 spiro atoms. The van der Waals surface area contributed by atoms with E-state index in [9.17, 15) is 9.59 Å². The number of nitrogens with zero attached hydrogens (tertiary/aromatic N) is 2. The first-order valence-electron chi connectivity index (χ1n) is 10.9. The van der Waals surface area contributed by atoms with Gasteiger partial charge in [-0.3, -0.25) is 4.79 Å². The maximum absolute atomic E-state index is 12.0. The molecular formula is C23H38IN5O3. The van der Waals surface area contributed by atoms with Gasteiger partial charge in [0.15, 0.2) is 5.96 Å². The van der Waals surface area contributed by atoms with Gasteiger partial charge in [0.05, 0.1) is 0 Å². The summed E-state index contributed by atoms with van der Waals surface area (Å²) in [5.74, 6) is 0.568. The highest BCUT2D eigenvalue weighted by molar-refractivity contribution is 14.0. The average molecular weight is 559 g/mol. The zero-order valence-corrected chi connectivity index (χ0v) is 22.2. The summed E-state index contributed by atoms with van der Waals surface area (Å²) in [6, 6.07) is 8.77. The summed E-state index contributed by atoms with van der Waals surface area (Å²) in [6.45, 7) is 6.69. The molecule has 0 aromatic heterocycles. The van der Waals surface area contributed by atoms with Crippen LogP contribution in [0.3, 0.4) is 0 Å². The molecule has 1 aliphatic carbocycles. The molecule has 0 heterocycles. The fourth-order valence-corrected chi connectivity index (χ4v) is 3.25. The highest BCUT2D eigenvalue weighted by Gasteiger charge is 2.19. The number of amides is 2. The Kier molecular flexibility index (Phi) is 11.8. The minimum Gasteiger partial charge on any atom is -0.444 e. The van der Waals surface area contributed by atoms with E-state index in [0.29, 0.717) is 25.5 Å². The third-order valence-corrected chi connectivity index (χ3v) is 4.87. The smallest absolute Gasteiger partial charge is 0.407 e. The quantitative estimate of drug-likeness (QED) is 0.207. The van der Waals surface area contributed by atoms with Crippen LogP contribution in [-0.2, 0) is 22.4 Å². The summed E-state index contributed by atoms with van der Waals surface area (Å²) in [5, 5.41) is 9.51. The van der Waals surface area contributed by atoms with Gasteiger partial charge in [0.1, 0.15) is 12.1 Å². The van der Waals surface area contributed by atoms with Gasteiger partial charge in [0.25, 0.3) is 0 Å². The maximum Gasteiger partial charge on any atom is 0.407 e. The van der Waals surface area contributed by atoms with E-state index < -0.39 is 11.7 Å². The van der Waals surface area contributed by atoms with Crippen LogP contribution in [0.2, 0.25) is 0 Å². The van der Waals surface area contributed by atoms with Crippen molar-refractivity contribution < 1.29 is 14.3 Å². The predicted molar refractivity (Wildman–Crippen MR) is 139 cm³/mol. The van der Waals surface area contributed by atoms with Crippen molar-refractivity contribution in [3.63, 3.8) is 0 Å². The third kappa shape index (κ3) is 10.5. The normalized spacial score (nSPS) is 15.7. The number of guanidine groups is 1. The minimum absolute atomic E-state index is 0. The molecule has 0 saturated carbocycles. The Morgan fingerprint density at radius 3 is 2.44 bits per heavy atom. The summed E-state index contributed by atoms with van der Waals surface area (Å²) in [4.78, 5) is 29.7. The number of hydrogen-bond donors (Lipinski definition) is 3. The van der Waals surface area contributed by atoms with Gasteiger partial charge in [-0.2, -0.15) is 0 Å². The van der Waals surface area contributed by atoms with Crippen LogP contribution in [0, 0.1) is 0 Å². The standard InChI is InChI=1S/C23H37N5O3.HI/c1-23(2,3)31-22(30)25-14-8-13-24-21(26-16-20(29)28(4)5)27-19-12-11-17-9-6-7-10-18(17)15-19;/h6-7,9-10,19H,8,11-16H2,1-5H3,(H,25,30)(H2,24,26,27);1H. The number of alkyl carbamates (subject to hydrolysis) is 1. The topological polar surface area (TPSA) is 95.1 Å². The number of likely N-dealkylation sites (N-methyl/N-ethyl adjacent to an activating group) is 1. The van der Waals surface area contributed by atoms with Gasteiger partial charge in [0, 0.05) is 33.2 Å². The van der Waals surface area contributed by atoms with E-state index in [0.717, 1.165) is 19.3 Å². The number of carbonyl (C=O) groups excluding carboxylic acids is 2. The largest absolute Gasteiger partial charge is 0.444 e. The van der Waals surface area contributed by atoms with Crippen molar-refractivity contribution in [2.45, 2.75) is 58.1 Å². The van der Waals surface area contributed by atoms with Crippen LogP contribution in [0.5, 0.6) is 0 Å². The van der Waals surface area contributed by atoms with Crippen LogP contribution in [0.4, 0.5) is 4.79 Å². The summed E-state index contributed by atoms with van der Waals surface area (Å²) in [7, 11) is 3.44. The van der Waals surface area contributed by atoms with Crippen LogP contribution in [-0.4, -0.2) is 68.2 Å². The second-order valence-corrected chi connectivity index (χ2v) is 9.01. The number of rotatable bonds is 7. The molecule has 1 atom stereocenters. The molecule has 1 aliphatic rings. The van der Waals surface area contributed by atoms with Gasteiger partial charge in [-0.1, -0.05) is 24.3 Å². The second-order valence-electron chi connectivity index (χ2n) is 9.01. The minimum atomic E-state index is -0.510. The first-order chi connectivity index (χ1) is 14.6. The summed E-state index contributed by atoms with van der Waals surface area (Å²) >= 11 is 0. The van der Waals surface area contributed by atoms with E-state index in [1.807, 2.05) is 20.8 Å². The first kappa shape index (κ1) is 28.0. The number of fused-ring (bicyclic) bond motifs is 1. The van der Waals surface area contributed by atoms with E-state index >= 15 is 0 Å². The Labute approximate surface area is 209 Å². The molecule has 0 radical (unpaired) electrons. The molecular weight excluding hydrogens is 521 g/mol. The zero-order valence-electron chi connectivity index (χ0n) is 19.9. The molecule has 1 unspecified atom stereocenters. The van der Waals surface area contributed by atoms with Gasteiger partial charge < -0.3 is 25.6 Å². The Bertz CT molecular complexity index is 777. The monoisotopic (exact) mass is 559 g/mol. The van der Waals surface area contributed by atoms with Crippen molar-refractivity contribution in [1.29, 1.82) is 0 Å². The van der Waals surface area contributed by atoms with Crippen LogP contribution in [0.15, 0.2) is 29.3 Å². The number of hydrogen-bond acceptors (Lipinski definition) is 4. The highest BCUT2D eigenvalue weighted by Crippen LogP contribution is 2.20. The van der Waals surface area contributed by atoms with Gasteiger partial charge in [-0.15, -0.1) is 24.0 Å². The fraction of sp³-hybridized carbons (Fsp3) is 0.609. The molecule has 32 heavy (non-hydrogen) atoms. The van der Waals surface area contributed by atoms with Gasteiger partial charge in [-0.25, -0.2) is 9.79 Å². The number of nitrogens with one attached hydrogen (secondary N) is 3. The Morgan fingerprint density at radius 1 is 1.12 bits per heavy atom. The molecule has 180 valence electrons.